The lowest BCUT2D eigenvalue weighted by Gasteiger charge is -2.28. The third-order valence-electron chi connectivity index (χ3n) is 4.56. The van der Waals surface area contributed by atoms with Crippen LogP contribution < -0.4 is 0 Å². The van der Waals surface area contributed by atoms with Crippen molar-refractivity contribution in [3.05, 3.63) is 23.0 Å². The van der Waals surface area contributed by atoms with Crippen LogP contribution in [-0.2, 0) is 4.74 Å². The first-order valence-electron chi connectivity index (χ1n) is 8.05. The smallest absolute Gasteiger partial charge is 0.178 e. The van der Waals surface area contributed by atoms with Crippen LogP contribution in [0.15, 0.2) is 6.07 Å². The molecule has 2 heterocycles. The molecule has 1 aromatic rings. The van der Waals surface area contributed by atoms with Crippen LogP contribution in [0.25, 0.3) is 0 Å². The third-order valence-corrected chi connectivity index (χ3v) is 4.56. The van der Waals surface area contributed by atoms with Crippen molar-refractivity contribution in [1.82, 2.24) is 9.47 Å². The standard InChI is InChI=1S/C17H28N2O3/c1-12-9-16(14(3)19(12)13(2)11-22-4)17(21)10-18-7-5-15(20)6-8-18/h9,13,15,20H,5-8,10-11H2,1-4H3. The zero-order valence-corrected chi connectivity index (χ0v) is 14.1. The summed E-state index contributed by atoms with van der Waals surface area (Å²) in [7, 11) is 1.70. The summed E-state index contributed by atoms with van der Waals surface area (Å²) < 4.78 is 7.41. The molecule has 1 unspecified atom stereocenters. The van der Waals surface area contributed by atoms with Gasteiger partial charge >= 0.3 is 0 Å². The zero-order chi connectivity index (χ0) is 16.3. The van der Waals surface area contributed by atoms with Gasteiger partial charge in [0.1, 0.15) is 0 Å². The Balaban J connectivity index is 2.08. The van der Waals surface area contributed by atoms with Gasteiger partial charge in [-0.05, 0) is 39.7 Å². The van der Waals surface area contributed by atoms with E-state index in [1.54, 1.807) is 7.11 Å². The van der Waals surface area contributed by atoms with Crippen molar-refractivity contribution >= 4 is 5.78 Å². The lowest BCUT2D eigenvalue weighted by atomic mass is 10.1. The maximum absolute atomic E-state index is 12.6. The highest BCUT2D eigenvalue weighted by atomic mass is 16.5. The second kappa shape index (κ2) is 7.40. The fourth-order valence-electron chi connectivity index (χ4n) is 3.42. The monoisotopic (exact) mass is 308 g/mol. The van der Waals surface area contributed by atoms with Crippen LogP contribution in [0.1, 0.15) is 47.6 Å². The van der Waals surface area contributed by atoms with Crippen molar-refractivity contribution in [2.24, 2.45) is 0 Å². The number of methoxy groups -OCH3 is 1. The molecule has 0 amide bonds. The molecule has 1 aromatic heterocycles. The molecule has 1 atom stereocenters. The van der Waals surface area contributed by atoms with Crippen molar-refractivity contribution < 1.29 is 14.6 Å². The van der Waals surface area contributed by atoms with E-state index in [1.807, 2.05) is 19.9 Å². The van der Waals surface area contributed by atoms with Crippen molar-refractivity contribution in [3.8, 4) is 0 Å². The first-order chi connectivity index (χ1) is 10.4. The minimum Gasteiger partial charge on any atom is -0.393 e. The van der Waals surface area contributed by atoms with E-state index in [0.29, 0.717) is 13.2 Å². The molecular weight excluding hydrogens is 280 g/mol. The van der Waals surface area contributed by atoms with Gasteiger partial charge in [0, 0.05) is 37.2 Å². The Labute approximate surface area is 132 Å². The van der Waals surface area contributed by atoms with Gasteiger partial charge in [0.2, 0.25) is 0 Å². The van der Waals surface area contributed by atoms with Crippen LogP contribution in [0.3, 0.4) is 0 Å². The maximum Gasteiger partial charge on any atom is 0.178 e. The van der Waals surface area contributed by atoms with Crippen molar-refractivity contribution in [3.63, 3.8) is 0 Å². The van der Waals surface area contributed by atoms with Gasteiger partial charge in [-0.3, -0.25) is 9.69 Å². The summed E-state index contributed by atoms with van der Waals surface area (Å²) in [5, 5.41) is 9.55. The van der Waals surface area contributed by atoms with Gasteiger partial charge in [-0.15, -0.1) is 0 Å². The summed E-state index contributed by atoms with van der Waals surface area (Å²) >= 11 is 0. The SMILES string of the molecule is COCC(C)n1c(C)cc(C(=O)CN2CCC(O)CC2)c1C. The number of carbonyl (C=O) groups excluding carboxylic acids is 1. The van der Waals surface area contributed by atoms with E-state index < -0.39 is 0 Å². The second-order valence-corrected chi connectivity index (χ2v) is 6.39. The molecule has 0 radical (unpaired) electrons. The number of aliphatic hydroxyl groups excluding tert-OH is 1. The molecule has 1 fully saturated rings. The molecule has 0 spiro atoms. The summed E-state index contributed by atoms with van der Waals surface area (Å²) in [6.07, 6.45) is 1.32. The molecule has 0 saturated carbocycles. The van der Waals surface area contributed by atoms with E-state index in [-0.39, 0.29) is 17.9 Å². The largest absolute Gasteiger partial charge is 0.393 e. The number of rotatable bonds is 6. The van der Waals surface area contributed by atoms with Crippen LogP contribution in [-0.4, -0.2) is 59.8 Å². The van der Waals surface area contributed by atoms with Crippen LogP contribution >= 0.6 is 0 Å². The summed E-state index contributed by atoms with van der Waals surface area (Å²) in [5.41, 5.74) is 2.93. The van der Waals surface area contributed by atoms with Crippen LogP contribution in [0, 0.1) is 13.8 Å². The molecule has 1 N–H and O–H groups in total. The number of hydrogen-bond acceptors (Lipinski definition) is 4. The van der Waals surface area contributed by atoms with E-state index in [2.05, 4.69) is 16.4 Å². The topological polar surface area (TPSA) is 54.7 Å². The number of aromatic nitrogens is 1. The highest BCUT2D eigenvalue weighted by Gasteiger charge is 2.23. The van der Waals surface area contributed by atoms with Gasteiger partial charge in [-0.2, -0.15) is 0 Å². The Kier molecular flexibility index (Phi) is 5.78. The van der Waals surface area contributed by atoms with Crippen LogP contribution in [0.4, 0.5) is 0 Å². The maximum atomic E-state index is 12.6. The molecular formula is C17H28N2O3. The second-order valence-electron chi connectivity index (χ2n) is 6.39. The van der Waals surface area contributed by atoms with Gasteiger partial charge in [0.05, 0.1) is 25.3 Å². The molecule has 0 aliphatic carbocycles. The number of ketones is 1. The highest BCUT2D eigenvalue weighted by molar-refractivity contribution is 5.99. The average Bonchev–Trinajstić information content (AvgIpc) is 2.77. The summed E-state index contributed by atoms with van der Waals surface area (Å²) in [5.74, 6) is 0.167. The van der Waals surface area contributed by atoms with E-state index in [0.717, 1.165) is 42.9 Å². The Morgan fingerprint density at radius 2 is 2.05 bits per heavy atom. The molecule has 2 rings (SSSR count). The Bertz CT molecular complexity index is 516. The minimum absolute atomic E-state index is 0.167. The Hall–Kier alpha value is -1.17. The third kappa shape index (κ3) is 3.77. The summed E-state index contributed by atoms with van der Waals surface area (Å²) in [6, 6.07) is 2.21. The van der Waals surface area contributed by atoms with E-state index in [9.17, 15) is 9.90 Å². The van der Waals surface area contributed by atoms with Crippen molar-refractivity contribution in [2.45, 2.75) is 45.8 Å². The highest BCUT2D eigenvalue weighted by Crippen LogP contribution is 2.22. The van der Waals surface area contributed by atoms with Crippen molar-refractivity contribution in [1.29, 1.82) is 0 Å². The van der Waals surface area contributed by atoms with E-state index >= 15 is 0 Å². The Morgan fingerprint density at radius 3 is 2.64 bits per heavy atom. The number of aryl methyl sites for hydroxylation is 1. The molecule has 22 heavy (non-hydrogen) atoms. The molecule has 0 aromatic carbocycles. The van der Waals surface area contributed by atoms with Gasteiger partial charge in [-0.25, -0.2) is 0 Å². The number of piperidine rings is 1. The van der Waals surface area contributed by atoms with Crippen molar-refractivity contribution in [2.75, 3.05) is 33.4 Å². The molecule has 0 bridgehead atoms. The number of hydrogen-bond donors (Lipinski definition) is 1. The molecule has 5 nitrogen and oxygen atoms in total. The predicted octanol–water partition coefficient (Wildman–Crippen LogP) is 1.95. The fourth-order valence-corrected chi connectivity index (χ4v) is 3.42. The van der Waals surface area contributed by atoms with Crippen LogP contribution in [0.5, 0.6) is 0 Å². The molecule has 1 aliphatic rings. The number of likely N-dealkylation sites (tertiary alicyclic amines) is 1. The first kappa shape index (κ1) is 17.2. The lowest BCUT2D eigenvalue weighted by Crippen LogP contribution is -2.39. The summed E-state index contributed by atoms with van der Waals surface area (Å²) in [4.78, 5) is 14.8. The number of ether oxygens (including phenoxy) is 1. The number of carbonyl (C=O) groups is 1. The first-order valence-corrected chi connectivity index (χ1v) is 8.05. The van der Waals surface area contributed by atoms with Gasteiger partial charge < -0.3 is 14.4 Å². The summed E-state index contributed by atoms with van der Waals surface area (Å²) in [6.45, 7) is 8.81. The normalized spacial score (nSPS) is 18.6. The average molecular weight is 308 g/mol. The van der Waals surface area contributed by atoms with Gasteiger partial charge in [0.15, 0.2) is 5.78 Å². The fraction of sp³-hybridized carbons (Fsp3) is 0.706. The van der Waals surface area contributed by atoms with Crippen LogP contribution in [0.2, 0.25) is 0 Å². The van der Waals surface area contributed by atoms with Gasteiger partial charge in [0.25, 0.3) is 0 Å². The quantitative estimate of drug-likeness (QED) is 0.816. The van der Waals surface area contributed by atoms with E-state index in [4.69, 9.17) is 4.74 Å². The van der Waals surface area contributed by atoms with E-state index in [1.165, 1.54) is 0 Å². The Morgan fingerprint density at radius 1 is 1.41 bits per heavy atom. The molecule has 1 aliphatic heterocycles. The number of nitrogens with zero attached hydrogens (tertiary/aromatic N) is 2. The molecule has 1 saturated heterocycles. The molecule has 5 heteroatoms. The lowest BCUT2D eigenvalue weighted by molar-refractivity contribution is 0.0710. The number of aliphatic hydroxyl groups is 1. The predicted molar refractivity (Wildman–Crippen MR) is 86.5 cm³/mol. The minimum atomic E-state index is -0.202. The number of Topliss-reactive ketones (excluding diaryl/α,β-unsaturated/α-hetero) is 1. The zero-order valence-electron chi connectivity index (χ0n) is 14.1. The molecule has 124 valence electrons. The van der Waals surface area contributed by atoms with Gasteiger partial charge in [-0.1, -0.05) is 0 Å².